The molecule has 18 heavy (non-hydrogen) atoms. The van der Waals surface area contributed by atoms with Crippen LogP contribution in [0.15, 0.2) is 22.8 Å². The van der Waals surface area contributed by atoms with Gasteiger partial charge in [0.15, 0.2) is 0 Å². The van der Waals surface area contributed by atoms with E-state index in [4.69, 9.17) is 13.9 Å². The summed E-state index contributed by atoms with van der Waals surface area (Å²) in [6, 6.07) is 3.60. The number of hydrogen-bond acceptors (Lipinski definition) is 4. The molecule has 5 heteroatoms. The Labute approximate surface area is 106 Å². The number of nitrogens with one attached hydrogen (secondary N) is 1. The van der Waals surface area contributed by atoms with Crippen molar-refractivity contribution in [2.45, 2.75) is 44.9 Å². The number of carbonyl (C=O) groups excluding carboxylic acids is 1. The summed E-state index contributed by atoms with van der Waals surface area (Å²) in [5.41, 5.74) is -0.496. The van der Waals surface area contributed by atoms with Crippen molar-refractivity contribution < 1.29 is 18.7 Å². The molecule has 1 saturated heterocycles. The van der Waals surface area contributed by atoms with E-state index in [-0.39, 0.29) is 12.1 Å². The van der Waals surface area contributed by atoms with E-state index in [0.717, 1.165) is 5.76 Å². The average Bonchev–Trinajstić information content (AvgIpc) is 2.95. The fraction of sp³-hybridized carbons (Fsp3) is 0.615. The van der Waals surface area contributed by atoms with Crippen LogP contribution in [0.3, 0.4) is 0 Å². The first-order chi connectivity index (χ1) is 8.44. The minimum absolute atomic E-state index is 0.0580. The molecule has 0 bridgehead atoms. The van der Waals surface area contributed by atoms with Crippen LogP contribution in [-0.4, -0.2) is 30.4 Å². The normalized spacial score (nSPS) is 20.3. The number of epoxide rings is 1. The van der Waals surface area contributed by atoms with Gasteiger partial charge in [0.05, 0.1) is 18.9 Å². The van der Waals surface area contributed by atoms with Crippen LogP contribution >= 0.6 is 0 Å². The van der Waals surface area contributed by atoms with Gasteiger partial charge in [0, 0.05) is 6.42 Å². The summed E-state index contributed by atoms with van der Waals surface area (Å²) >= 11 is 0. The highest BCUT2D eigenvalue weighted by Gasteiger charge is 2.35. The third kappa shape index (κ3) is 4.07. The molecule has 0 aromatic carbocycles. The fourth-order valence-electron chi connectivity index (χ4n) is 1.67. The third-order valence-corrected chi connectivity index (χ3v) is 2.51. The molecule has 2 rings (SSSR count). The highest BCUT2D eigenvalue weighted by Crippen LogP contribution is 2.19. The fourth-order valence-corrected chi connectivity index (χ4v) is 1.67. The van der Waals surface area contributed by atoms with E-state index in [1.54, 1.807) is 6.26 Å². The second-order valence-electron chi connectivity index (χ2n) is 5.41. The molecule has 1 amide bonds. The quantitative estimate of drug-likeness (QED) is 0.835. The lowest BCUT2D eigenvalue weighted by atomic mass is 10.1. The highest BCUT2D eigenvalue weighted by molar-refractivity contribution is 5.68. The van der Waals surface area contributed by atoms with Gasteiger partial charge in [0.2, 0.25) is 0 Å². The standard InChI is InChI=1S/C13H19NO4/c1-13(2,3)18-12(15)14-10(11-8-17-11)7-9-5-4-6-16-9/h4-6,10-11H,7-8H2,1-3H3,(H,14,15)/t10-,11+/m0/s1. The average molecular weight is 253 g/mol. The van der Waals surface area contributed by atoms with Gasteiger partial charge in [-0.3, -0.25) is 0 Å². The molecule has 1 fully saturated rings. The maximum Gasteiger partial charge on any atom is 0.407 e. The van der Waals surface area contributed by atoms with Crippen LogP contribution in [0.2, 0.25) is 0 Å². The van der Waals surface area contributed by atoms with Crippen LogP contribution in [0.25, 0.3) is 0 Å². The first-order valence-corrected chi connectivity index (χ1v) is 6.07. The third-order valence-electron chi connectivity index (χ3n) is 2.51. The zero-order chi connectivity index (χ0) is 13.2. The van der Waals surface area contributed by atoms with Crippen LogP contribution in [0.5, 0.6) is 0 Å². The molecule has 0 unspecified atom stereocenters. The van der Waals surface area contributed by atoms with Gasteiger partial charge in [-0.05, 0) is 32.9 Å². The first kappa shape index (κ1) is 13.0. The number of carbonyl (C=O) groups is 1. The number of hydrogen-bond donors (Lipinski definition) is 1. The van der Waals surface area contributed by atoms with E-state index < -0.39 is 11.7 Å². The molecular formula is C13H19NO4. The summed E-state index contributed by atoms with van der Waals surface area (Å²) in [6.45, 7) is 6.17. The molecule has 5 nitrogen and oxygen atoms in total. The number of furan rings is 1. The Kier molecular flexibility index (Phi) is 3.61. The number of rotatable bonds is 4. The van der Waals surface area contributed by atoms with Crippen molar-refractivity contribution in [2.24, 2.45) is 0 Å². The van der Waals surface area contributed by atoms with Gasteiger partial charge in [0.1, 0.15) is 17.5 Å². The highest BCUT2D eigenvalue weighted by atomic mass is 16.6. The first-order valence-electron chi connectivity index (χ1n) is 6.07. The molecular weight excluding hydrogens is 234 g/mol. The van der Waals surface area contributed by atoms with E-state index >= 15 is 0 Å². The Bertz CT molecular complexity index is 390. The van der Waals surface area contributed by atoms with Gasteiger partial charge < -0.3 is 19.2 Å². The Balaban J connectivity index is 1.88. The molecule has 2 atom stereocenters. The zero-order valence-corrected chi connectivity index (χ0v) is 10.9. The maximum absolute atomic E-state index is 11.7. The molecule has 1 N–H and O–H groups in total. The molecule has 100 valence electrons. The minimum Gasteiger partial charge on any atom is -0.469 e. The topological polar surface area (TPSA) is 64.0 Å². The van der Waals surface area contributed by atoms with Gasteiger partial charge >= 0.3 is 6.09 Å². The molecule has 1 aromatic rings. The van der Waals surface area contributed by atoms with Crippen LogP contribution < -0.4 is 5.32 Å². The van der Waals surface area contributed by atoms with Crippen molar-refractivity contribution in [3.8, 4) is 0 Å². The van der Waals surface area contributed by atoms with Crippen molar-refractivity contribution in [3.05, 3.63) is 24.2 Å². The van der Waals surface area contributed by atoms with E-state index in [0.29, 0.717) is 13.0 Å². The zero-order valence-electron chi connectivity index (χ0n) is 10.9. The number of alkyl carbamates (subject to hydrolysis) is 1. The summed E-state index contributed by atoms with van der Waals surface area (Å²) in [4.78, 5) is 11.7. The van der Waals surface area contributed by atoms with Crippen molar-refractivity contribution in [3.63, 3.8) is 0 Å². The molecule has 1 aliphatic rings. The van der Waals surface area contributed by atoms with Crippen LogP contribution in [0.1, 0.15) is 26.5 Å². The predicted molar refractivity (Wildman–Crippen MR) is 65.3 cm³/mol. The van der Waals surface area contributed by atoms with E-state index in [9.17, 15) is 4.79 Å². The largest absolute Gasteiger partial charge is 0.469 e. The van der Waals surface area contributed by atoms with E-state index in [1.165, 1.54) is 0 Å². The van der Waals surface area contributed by atoms with Crippen molar-refractivity contribution in [2.75, 3.05) is 6.61 Å². The summed E-state index contributed by atoms with van der Waals surface area (Å²) in [7, 11) is 0. The maximum atomic E-state index is 11.7. The molecule has 0 spiro atoms. The molecule has 2 heterocycles. The lowest BCUT2D eigenvalue weighted by Gasteiger charge is -2.22. The summed E-state index contributed by atoms with van der Waals surface area (Å²) in [5.74, 6) is 0.826. The Morgan fingerprint density at radius 1 is 1.61 bits per heavy atom. The van der Waals surface area contributed by atoms with Gasteiger partial charge in [-0.15, -0.1) is 0 Å². The Morgan fingerprint density at radius 2 is 2.33 bits per heavy atom. The van der Waals surface area contributed by atoms with Gasteiger partial charge in [-0.2, -0.15) is 0 Å². The predicted octanol–water partition coefficient (Wildman–Crippen LogP) is 2.11. The van der Waals surface area contributed by atoms with Gasteiger partial charge in [-0.25, -0.2) is 4.79 Å². The molecule has 0 radical (unpaired) electrons. The van der Waals surface area contributed by atoms with Gasteiger partial charge in [-0.1, -0.05) is 0 Å². The van der Waals surface area contributed by atoms with E-state index in [1.807, 2.05) is 32.9 Å². The van der Waals surface area contributed by atoms with E-state index in [2.05, 4.69) is 5.32 Å². The summed E-state index contributed by atoms with van der Waals surface area (Å²) in [6.07, 6.45) is 1.86. The second kappa shape index (κ2) is 5.02. The lowest BCUT2D eigenvalue weighted by Crippen LogP contribution is -2.43. The Morgan fingerprint density at radius 3 is 2.83 bits per heavy atom. The number of amides is 1. The second-order valence-corrected chi connectivity index (χ2v) is 5.41. The van der Waals surface area contributed by atoms with Crippen molar-refractivity contribution >= 4 is 6.09 Å². The molecule has 1 aromatic heterocycles. The summed E-state index contributed by atoms with van der Waals surface area (Å²) in [5, 5.41) is 2.83. The molecule has 0 saturated carbocycles. The smallest absolute Gasteiger partial charge is 0.407 e. The molecule has 0 aliphatic carbocycles. The van der Waals surface area contributed by atoms with Crippen LogP contribution in [-0.2, 0) is 15.9 Å². The van der Waals surface area contributed by atoms with Crippen molar-refractivity contribution in [1.29, 1.82) is 0 Å². The van der Waals surface area contributed by atoms with Crippen LogP contribution in [0.4, 0.5) is 4.79 Å². The lowest BCUT2D eigenvalue weighted by molar-refractivity contribution is 0.0493. The van der Waals surface area contributed by atoms with Crippen LogP contribution in [0, 0.1) is 0 Å². The number of ether oxygens (including phenoxy) is 2. The van der Waals surface area contributed by atoms with Crippen molar-refractivity contribution in [1.82, 2.24) is 5.32 Å². The molecule has 1 aliphatic heterocycles. The summed E-state index contributed by atoms with van der Waals surface area (Å²) < 4.78 is 15.7. The van der Waals surface area contributed by atoms with Gasteiger partial charge in [0.25, 0.3) is 0 Å². The Hall–Kier alpha value is -1.49. The SMILES string of the molecule is CC(C)(C)OC(=O)N[C@@H](Cc1ccco1)[C@H]1CO1. The minimum atomic E-state index is -0.496. The monoisotopic (exact) mass is 253 g/mol.